The summed E-state index contributed by atoms with van der Waals surface area (Å²) >= 11 is -3.41. The van der Waals surface area contributed by atoms with Crippen LogP contribution in [0.25, 0.3) is 0 Å². The van der Waals surface area contributed by atoms with Crippen molar-refractivity contribution in [1.29, 1.82) is 0 Å². The Morgan fingerprint density at radius 3 is 1.86 bits per heavy atom. The van der Waals surface area contributed by atoms with Crippen molar-refractivity contribution in [1.82, 2.24) is 0 Å². The molecule has 1 rings (SSSR count). The molecular formula is C18H33NO2Sn. The second-order valence-corrected chi connectivity index (χ2v) is 15.4. The first kappa shape index (κ1) is 19.9. The van der Waals surface area contributed by atoms with Gasteiger partial charge < -0.3 is 0 Å². The summed E-state index contributed by atoms with van der Waals surface area (Å²) in [6, 6.07) is 8.45. The molecule has 0 aromatic heterocycles. The molecule has 22 heavy (non-hydrogen) atoms. The van der Waals surface area contributed by atoms with Crippen molar-refractivity contribution >= 4 is 22.8 Å². The van der Waals surface area contributed by atoms with Crippen LogP contribution < -0.4 is 9.31 Å². The molecule has 0 aliphatic rings. The first-order chi connectivity index (χ1) is 10.4. The molecule has 0 aliphatic heterocycles. The third-order valence-corrected chi connectivity index (χ3v) is 15.0. The average Bonchev–Trinajstić information content (AvgIpc) is 2.53. The molecule has 0 bridgehead atoms. The molecule has 0 fully saturated rings. The fourth-order valence-corrected chi connectivity index (χ4v) is 13.3. The molecule has 3 unspecified atom stereocenters. The van der Waals surface area contributed by atoms with Crippen LogP contribution in [-0.4, -0.2) is 31.4 Å². The molecule has 1 aromatic carbocycles. The fourth-order valence-electron chi connectivity index (χ4n) is 2.57. The number of hydrogen-bond acceptors (Lipinski definition) is 3. The van der Waals surface area contributed by atoms with Crippen molar-refractivity contribution in [2.75, 3.05) is 0 Å². The van der Waals surface area contributed by atoms with Gasteiger partial charge in [-0.15, -0.1) is 0 Å². The first-order valence-corrected chi connectivity index (χ1v) is 14.4. The van der Waals surface area contributed by atoms with Gasteiger partial charge in [0.1, 0.15) is 0 Å². The second-order valence-electron chi connectivity index (χ2n) is 6.16. The van der Waals surface area contributed by atoms with E-state index in [4.69, 9.17) is 11.9 Å². The van der Waals surface area contributed by atoms with E-state index < -0.39 is 19.2 Å². The molecule has 0 radical (unpaired) electrons. The molecule has 4 heteroatoms. The minimum absolute atomic E-state index is 0.000102. The molecular weight excluding hydrogens is 381 g/mol. The molecule has 3 atom stereocenters. The van der Waals surface area contributed by atoms with E-state index in [1.54, 1.807) is 0 Å². The van der Waals surface area contributed by atoms with Gasteiger partial charge in [-0.2, -0.15) is 0 Å². The number of hydrogen-bond donors (Lipinski definition) is 1. The van der Waals surface area contributed by atoms with E-state index in [1.807, 2.05) is 6.92 Å². The van der Waals surface area contributed by atoms with Gasteiger partial charge in [0.25, 0.3) is 0 Å². The molecule has 126 valence electrons. The number of benzene rings is 1. The molecule has 0 amide bonds. The van der Waals surface area contributed by atoms with Gasteiger partial charge in [-0.1, -0.05) is 0 Å². The van der Waals surface area contributed by atoms with Crippen LogP contribution in [0.5, 0.6) is 0 Å². The average molecular weight is 414 g/mol. The van der Waals surface area contributed by atoms with Crippen LogP contribution in [0, 0.1) is 0 Å². The van der Waals surface area contributed by atoms with Gasteiger partial charge in [0, 0.05) is 0 Å². The fraction of sp³-hybridized carbons (Fsp3) is 0.667. The molecule has 0 saturated carbocycles. The summed E-state index contributed by atoms with van der Waals surface area (Å²) in [5, 5.41) is 0. The predicted octanol–water partition coefficient (Wildman–Crippen LogP) is 4.01. The quantitative estimate of drug-likeness (QED) is 0.622. The molecule has 0 aliphatic carbocycles. The zero-order chi connectivity index (χ0) is 16.8. The normalized spacial score (nSPS) is 18.5. The van der Waals surface area contributed by atoms with E-state index in [2.05, 4.69) is 58.9 Å². The molecule has 0 spiro atoms. The van der Waals surface area contributed by atoms with Crippen LogP contribution >= 0.6 is 0 Å². The summed E-state index contributed by atoms with van der Waals surface area (Å²) in [6.07, 6.45) is 2.45. The van der Waals surface area contributed by atoms with Gasteiger partial charge in [-0.3, -0.25) is 0 Å². The van der Waals surface area contributed by atoms with Gasteiger partial charge >= 0.3 is 142 Å². The third kappa shape index (κ3) is 4.95. The van der Waals surface area contributed by atoms with Crippen LogP contribution in [0.15, 0.2) is 24.3 Å². The van der Waals surface area contributed by atoms with Gasteiger partial charge in [-0.05, 0) is 0 Å². The molecule has 2 N–H and O–H groups in total. The van der Waals surface area contributed by atoms with Crippen LogP contribution in [0.2, 0.25) is 4.44 Å². The third-order valence-electron chi connectivity index (χ3n) is 4.26. The van der Waals surface area contributed by atoms with Crippen LogP contribution in [-0.2, 0) is 6.15 Å². The number of nitrogens with two attached hydrogens (primary N) is 1. The van der Waals surface area contributed by atoms with E-state index in [0.29, 0.717) is 0 Å². The van der Waals surface area contributed by atoms with Crippen LogP contribution in [0.3, 0.4) is 0 Å². The van der Waals surface area contributed by atoms with Crippen molar-refractivity contribution in [2.45, 2.75) is 77.1 Å². The van der Waals surface area contributed by atoms with Crippen molar-refractivity contribution < 1.29 is 6.15 Å². The zero-order valence-electron chi connectivity index (χ0n) is 15.1. The summed E-state index contributed by atoms with van der Waals surface area (Å²) in [6.45, 7) is 12.9. The number of rotatable bonds is 9. The molecule has 0 saturated heterocycles. The summed E-state index contributed by atoms with van der Waals surface area (Å²) in [4.78, 5) is 0. The SMILES string of the molecule is CCC(C)[O][Sn]([CH2]C)([O]C(C)CC)[c]1ccccc1C(C)N. The Hall–Kier alpha value is -0.101. The van der Waals surface area contributed by atoms with Crippen molar-refractivity contribution in [3.05, 3.63) is 29.8 Å². The Morgan fingerprint density at radius 1 is 0.955 bits per heavy atom. The van der Waals surface area contributed by atoms with E-state index in [0.717, 1.165) is 17.3 Å². The van der Waals surface area contributed by atoms with Gasteiger partial charge in [0.2, 0.25) is 0 Å². The van der Waals surface area contributed by atoms with E-state index in [1.165, 1.54) is 9.14 Å². The Balaban J connectivity index is 3.34. The van der Waals surface area contributed by atoms with E-state index in [-0.39, 0.29) is 18.2 Å². The Morgan fingerprint density at radius 2 is 1.45 bits per heavy atom. The van der Waals surface area contributed by atoms with E-state index >= 15 is 0 Å². The topological polar surface area (TPSA) is 44.5 Å². The summed E-state index contributed by atoms with van der Waals surface area (Å²) in [5.74, 6) is 0. The van der Waals surface area contributed by atoms with Crippen molar-refractivity contribution in [3.8, 4) is 0 Å². The van der Waals surface area contributed by atoms with Crippen molar-refractivity contribution in [3.63, 3.8) is 0 Å². The first-order valence-electron chi connectivity index (χ1n) is 8.60. The summed E-state index contributed by atoms with van der Waals surface area (Å²) in [5.41, 5.74) is 7.40. The van der Waals surface area contributed by atoms with Gasteiger partial charge in [0.05, 0.1) is 0 Å². The summed E-state index contributed by atoms with van der Waals surface area (Å²) < 4.78 is 15.5. The second kappa shape index (κ2) is 9.26. The molecule has 1 aromatic rings. The Bertz CT molecular complexity index is 438. The predicted molar refractivity (Wildman–Crippen MR) is 96.6 cm³/mol. The maximum absolute atomic E-state index is 6.62. The van der Waals surface area contributed by atoms with Crippen LogP contribution in [0.1, 0.15) is 66.0 Å². The Labute approximate surface area is 141 Å². The minimum atomic E-state index is -3.41. The van der Waals surface area contributed by atoms with Gasteiger partial charge in [-0.25, -0.2) is 0 Å². The van der Waals surface area contributed by atoms with Gasteiger partial charge in [0.15, 0.2) is 0 Å². The standard InChI is InChI=1S/C8H10N.2C4H9O.C2H5.Sn/c1-7(9)8-5-3-2-4-6-8;2*1-3-4(2)5;1-2;/h2-5,7H,9H2,1H3;2*4H,3H2,1-2H3;1H2,2H3;/q;2*-1;;+2. The molecule has 0 heterocycles. The van der Waals surface area contributed by atoms with Crippen molar-refractivity contribution in [2.24, 2.45) is 5.73 Å². The Kier molecular flexibility index (Phi) is 8.39. The zero-order valence-corrected chi connectivity index (χ0v) is 17.9. The maximum atomic E-state index is 6.62. The molecule has 3 nitrogen and oxygen atoms in total. The van der Waals surface area contributed by atoms with E-state index in [9.17, 15) is 0 Å². The summed E-state index contributed by atoms with van der Waals surface area (Å²) in [7, 11) is 0. The van der Waals surface area contributed by atoms with Crippen LogP contribution in [0.4, 0.5) is 0 Å². The monoisotopic (exact) mass is 415 g/mol.